The van der Waals surface area contributed by atoms with Crippen LogP contribution in [0.5, 0.6) is 0 Å². The number of fused-ring (bicyclic) bond motifs is 2. The number of aliphatic imine (C=N–C) groups is 1. The number of hydrogen-bond donors (Lipinski definition) is 1. The van der Waals surface area contributed by atoms with E-state index >= 15 is 0 Å². The lowest BCUT2D eigenvalue weighted by Crippen LogP contribution is -2.37. The number of nitrogens with zero attached hydrogens (tertiary/aromatic N) is 5. The predicted octanol–water partition coefficient (Wildman–Crippen LogP) is 5.03. The van der Waals surface area contributed by atoms with Gasteiger partial charge in [0, 0.05) is 23.7 Å². The van der Waals surface area contributed by atoms with Crippen molar-refractivity contribution in [2.45, 2.75) is 13.1 Å². The smallest absolute Gasteiger partial charge is 0.302 e. The molecule has 1 N–H and O–H groups in total. The molecule has 1 aromatic heterocycles. The lowest BCUT2D eigenvalue weighted by atomic mass is 10.0. The highest BCUT2D eigenvalue weighted by Crippen LogP contribution is 2.38. The Labute approximate surface area is 192 Å². The van der Waals surface area contributed by atoms with Crippen LogP contribution < -0.4 is 4.90 Å². The molecule has 0 bridgehead atoms. The molecule has 2 aromatic carbocycles. The zero-order chi connectivity index (χ0) is 24.0. The van der Waals surface area contributed by atoms with Gasteiger partial charge >= 0.3 is 6.18 Å². The number of para-hydroxylation sites is 2. The lowest BCUT2D eigenvalue weighted by Gasteiger charge is -2.26. The maximum Gasteiger partial charge on any atom is 0.417 e. The third-order valence-corrected chi connectivity index (χ3v) is 5.62. The van der Waals surface area contributed by atoms with Crippen LogP contribution in [0, 0.1) is 6.92 Å². The van der Waals surface area contributed by atoms with Gasteiger partial charge in [0.15, 0.2) is 5.84 Å². The van der Waals surface area contributed by atoms with Gasteiger partial charge in [-0.2, -0.15) is 18.3 Å². The summed E-state index contributed by atoms with van der Waals surface area (Å²) >= 11 is 0. The standard InChI is InChI=1S/C24H18F3N5O2/c1-15-10-11-28-32(15)17-8-9-18(19(13-17)24(25,26)27)23(33)30-14-16-5-4-12-31(34)22(16)29-20-6-2-3-7-21(20)30/h2-13,34H,14H2,1H3. The summed E-state index contributed by atoms with van der Waals surface area (Å²) < 4.78 is 43.7. The number of rotatable bonds is 2. The van der Waals surface area contributed by atoms with Crippen molar-refractivity contribution >= 4 is 23.1 Å². The first-order valence-corrected chi connectivity index (χ1v) is 10.3. The van der Waals surface area contributed by atoms with Crippen LogP contribution in [-0.4, -0.2) is 38.3 Å². The first-order chi connectivity index (χ1) is 16.2. The highest BCUT2D eigenvalue weighted by Gasteiger charge is 2.38. The fourth-order valence-electron chi connectivity index (χ4n) is 3.99. The van der Waals surface area contributed by atoms with Crippen molar-refractivity contribution in [3.63, 3.8) is 0 Å². The van der Waals surface area contributed by atoms with Crippen LogP contribution in [0.1, 0.15) is 21.6 Å². The second-order valence-corrected chi connectivity index (χ2v) is 7.81. The zero-order valence-electron chi connectivity index (χ0n) is 17.9. The summed E-state index contributed by atoms with van der Waals surface area (Å²) in [6.07, 6.45) is 1.33. The molecule has 172 valence electrons. The molecule has 0 fully saturated rings. The van der Waals surface area contributed by atoms with Crippen molar-refractivity contribution in [1.29, 1.82) is 0 Å². The van der Waals surface area contributed by atoms with Crippen LogP contribution in [-0.2, 0) is 6.18 Å². The van der Waals surface area contributed by atoms with Crippen molar-refractivity contribution in [3.8, 4) is 5.69 Å². The van der Waals surface area contributed by atoms with E-state index in [2.05, 4.69) is 10.1 Å². The van der Waals surface area contributed by atoms with Gasteiger partial charge in [-0.3, -0.25) is 10.0 Å². The molecule has 3 heterocycles. The number of carbonyl (C=O) groups is 1. The average Bonchev–Trinajstić information content (AvgIpc) is 3.16. The fraction of sp³-hybridized carbons (Fsp3) is 0.125. The van der Waals surface area contributed by atoms with E-state index in [-0.39, 0.29) is 18.1 Å². The third kappa shape index (κ3) is 3.67. The summed E-state index contributed by atoms with van der Waals surface area (Å²) in [6, 6.07) is 11.8. The Morgan fingerprint density at radius 2 is 1.91 bits per heavy atom. The van der Waals surface area contributed by atoms with Gasteiger partial charge in [-0.15, -0.1) is 0 Å². The molecular weight excluding hydrogens is 447 g/mol. The summed E-state index contributed by atoms with van der Waals surface area (Å²) in [4.78, 5) is 19.3. The molecule has 1 amide bonds. The molecule has 2 aliphatic heterocycles. The van der Waals surface area contributed by atoms with Gasteiger partial charge in [0.1, 0.15) is 0 Å². The average molecular weight is 465 g/mol. The molecule has 0 saturated heterocycles. The normalized spacial score (nSPS) is 15.3. The van der Waals surface area contributed by atoms with Crippen molar-refractivity contribution < 1.29 is 23.2 Å². The minimum Gasteiger partial charge on any atom is -0.302 e. The zero-order valence-corrected chi connectivity index (χ0v) is 17.9. The first kappa shape index (κ1) is 21.7. The van der Waals surface area contributed by atoms with Gasteiger partial charge in [0.2, 0.25) is 0 Å². The highest BCUT2D eigenvalue weighted by atomic mass is 19.4. The Kier molecular flexibility index (Phi) is 5.09. The van der Waals surface area contributed by atoms with E-state index in [1.165, 1.54) is 34.1 Å². The van der Waals surface area contributed by atoms with Crippen molar-refractivity contribution in [3.05, 3.63) is 95.5 Å². The number of amidine groups is 1. The third-order valence-electron chi connectivity index (χ3n) is 5.62. The lowest BCUT2D eigenvalue weighted by molar-refractivity contribution is -0.137. The van der Waals surface area contributed by atoms with E-state index in [0.29, 0.717) is 22.6 Å². The van der Waals surface area contributed by atoms with Crippen LogP contribution in [0.25, 0.3) is 5.69 Å². The van der Waals surface area contributed by atoms with Crippen LogP contribution in [0.15, 0.2) is 83.6 Å². The molecule has 0 saturated carbocycles. The van der Waals surface area contributed by atoms with Crippen molar-refractivity contribution in [1.82, 2.24) is 14.8 Å². The number of amides is 1. The van der Waals surface area contributed by atoms with E-state index in [1.807, 2.05) is 0 Å². The number of carbonyl (C=O) groups excluding carboxylic acids is 1. The number of aryl methyl sites for hydroxylation is 1. The van der Waals surface area contributed by atoms with E-state index in [1.54, 1.807) is 49.4 Å². The second kappa shape index (κ2) is 7.99. The van der Waals surface area contributed by atoms with Gasteiger partial charge in [-0.25, -0.2) is 14.7 Å². The largest absolute Gasteiger partial charge is 0.417 e. The van der Waals surface area contributed by atoms with Gasteiger partial charge in [-0.05, 0) is 49.4 Å². The van der Waals surface area contributed by atoms with E-state index in [0.717, 1.165) is 11.1 Å². The molecular formula is C24H18F3N5O2. The summed E-state index contributed by atoms with van der Waals surface area (Å²) in [5, 5.41) is 15.1. The Hall–Kier alpha value is -4.18. The molecule has 0 atom stereocenters. The van der Waals surface area contributed by atoms with E-state index < -0.39 is 23.2 Å². The number of halogens is 3. The molecule has 3 aromatic rings. The van der Waals surface area contributed by atoms with E-state index in [9.17, 15) is 23.2 Å². The molecule has 0 aliphatic carbocycles. The van der Waals surface area contributed by atoms with Crippen molar-refractivity contribution in [2.24, 2.45) is 4.99 Å². The minimum atomic E-state index is -4.77. The fourth-order valence-corrected chi connectivity index (χ4v) is 3.99. The number of hydroxylamine groups is 2. The van der Waals surface area contributed by atoms with Crippen LogP contribution in [0.4, 0.5) is 24.5 Å². The molecule has 2 aliphatic rings. The monoisotopic (exact) mass is 465 g/mol. The molecule has 0 unspecified atom stereocenters. The van der Waals surface area contributed by atoms with Gasteiger partial charge < -0.3 is 4.90 Å². The Bertz CT molecular complexity index is 1390. The number of alkyl halides is 3. The van der Waals surface area contributed by atoms with Crippen LogP contribution in [0.3, 0.4) is 0 Å². The molecule has 34 heavy (non-hydrogen) atoms. The number of benzene rings is 2. The SMILES string of the molecule is Cc1ccnn1-c1ccc(C(=O)N2CC3=CC=CN(O)C3=Nc3ccccc32)c(C(F)(F)F)c1. The summed E-state index contributed by atoms with van der Waals surface area (Å²) in [7, 11) is 0. The maximum atomic E-state index is 14.1. The highest BCUT2D eigenvalue weighted by molar-refractivity contribution is 6.13. The predicted molar refractivity (Wildman–Crippen MR) is 119 cm³/mol. The van der Waals surface area contributed by atoms with Crippen LogP contribution >= 0.6 is 0 Å². The maximum absolute atomic E-state index is 14.1. The number of anilines is 1. The Morgan fingerprint density at radius 3 is 2.65 bits per heavy atom. The number of aromatic nitrogens is 2. The molecule has 5 rings (SSSR count). The first-order valence-electron chi connectivity index (χ1n) is 10.3. The molecule has 0 spiro atoms. The number of hydrogen-bond acceptors (Lipinski definition) is 5. The van der Waals surface area contributed by atoms with Gasteiger partial charge in [0.05, 0.1) is 34.7 Å². The Balaban J connectivity index is 1.63. The second-order valence-electron chi connectivity index (χ2n) is 7.81. The summed E-state index contributed by atoms with van der Waals surface area (Å²) in [6.45, 7) is 1.65. The van der Waals surface area contributed by atoms with Crippen LogP contribution in [0.2, 0.25) is 0 Å². The van der Waals surface area contributed by atoms with Gasteiger partial charge in [0.25, 0.3) is 5.91 Å². The van der Waals surface area contributed by atoms with Gasteiger partial charge in [-0.1, -0.05) is 18.2 Å². The summed E-state index contributed by atoms with van der Waals surface area (Å²) in [5.41, 5.74) is 0.464. The Morgan fingerprint density at radius 1 is 1.12 bits per heavy atom. The minimum absolute atomic E-state index is 0.0760. The molecule has 0 radical (unpaired) electrons. The number of allylic oxidation sites excluding steroid dienone is 2. The van der Waals surface area contributed by atoms with E-state index in [4.69, 9.17) is 0 Å². The van der Waals surface area contributed by atoms with Crippen molar-refractivity contribution in [2.75, 3.05) is 11.4 Å². The molecule has 10 heteroatoms. The quantitative estimate of drug-likeness (QED) is 0.576. The summed E-state index contributed by atoms with van der Waals surface area (Å²) in [5.74, 6) is -0.634. The topological polar surface area (TPSA) is 74.0 Å². The molecule has 7 nitrogen and oxygen atoms in total.